The van der Waals surface area contributed by atoms with Crippen LogP contribution in [0, 0.1) is 0 Å². The van der Waals surface area contributed by atoms with Crippen LogP contribution in [0.3, 0.4) is 0 Å². The zero-order valence-electron chi connectivity index (χ0n) is 31.0. The van der Waals surface area contributed by atoms with Gasteiger partial charge in [0.1, 0.15) is 47.8 Å². The van der Waals surface area contributed by atoms with Gasteiger partial charge in [-0.25, -0.2) is 9.78 Å². The number of carbonyl (C=O) groups is 3. The normalized spacial score (nSPS) is 16.8. The van der Waals surface area contributed by atoms with Crippen molar-refractivity contribution < 1.29 is 28.7 Å². The van der Waals surface area contributed by atoms with Crippen LogP contribution in [-0.4, -0.2) is 70.6 Å². The van der Waals surface area contributed by atoms with Crippen molar-refractivity contribution in [3.63, 3.8) is 0 Å². The second-order valence-electron chi connectivity index (χ2n) is 12.8. The molecule has 2 aliphatic heterocycles. The highest BCUT2D eigenvalue weighted by Crippen LogP contribution is 2.42. The maximum absolute atomic E-state index is 13.9. The summed E-state index contributed by atoms with van der Waals surface area (Å²) < 4.78 is 10.9. The Morgan fingerprint density at radius 1 is 0.930 bits per heavy atom. The summed E-state index contributed by atoms with van der Waals surface area (Å²) in [5.41, 5.74) is 3.71. The number of hydrogen-bond acceptors (Lipinski definition) is 11. The molecule has 0 bridgehead atoms. The number of nitrogens with zero attached hydrogens (tertiary/aromatic N) is 3. The van der Waals surface area contributed by atoms with E-state index in [0.717, 1.165) is 22.3 Å². The second-order valence-corrected chi connectivity index (χ2v) is 15.1. The molecule has 0 saturated carbocycles. The highest BCUT2D eigenvalue weighted by Gasteiger charge is 2.54. The maximum atomic E-state index is 13.9. The van der Waals surface area contributed by atoms with Gasteiger partial charge in [-0.3, -0.25) is 14.5 Å². The molecule has 7 rings (SSSR count). The molecule has 2 aliphatic rings. The van der Waals surface area contributed by atoms with E-state index in [4.69, 9.17) is 30.9 Å². The first-order chi connectivity index (χ1) is 27.9. The third-order valence-electron chi connectivity index (χ3n) is 9.47. The van der Waals surface area contributed by atoms with E-state index < -0.39 is 34.7 Å². The number of thiazole rings is 1. The van der Waals surface area contributed by atoms with E-state index in [1.165, 1.54) is 35.1 Å². The number of β-lactam (4-membered cyclic amide) rings is 1. The lowest BCUT2D eigenvalue weighted by molar-refractivity contribution is -0.153. The largest absolute Gasteiger partial charge is 0.497 e. The van der Waals surface area contributed by atoms with Crippen molar-refractivity contribution >= 4 is 63.3 Å². The molecule has 0 aliphatic carbocycles. The number of ether oxygens (including phenoxy) is 2. The third-order valence-corrected chi connectivity index (χ3v) is 11.7. The van der Waals surface area contributed by atoms with E-state index in [-0.39, 0.29) is 29.6 Å². The fourth-order valence-corrected chi connectivity index (χ4v) is 8.93. The number of carbonyl (C=O) groups excluding carboxylic acids is 3. The van der Waals surface area contributed by atoms with Gasteiger partial charge in [0.15, 0.2) is 10.8 Å². The summed E-state index contributed by atoms with van der Waals surface area (Å²) >= 11 is 8.64. The van der Waals surface area contributed by atoms with Crippen LogP contribution in [0.1, 0.15) is 27.9 Å². The molecular formula is C43H38ClN5O6S2. The summed E-state index contributed by atoms with van der Waals surface area (Å²) in [5, 5.41) is 12.3. The molecule has 2 atom stereocenters. The van der Waals surface area contributed by atoms with Crippen molar-refractivity contribution in [2.24, 2.45) is 5.16 Å². The Morgan fingerprint density at radius 3 is 2.11 bits per heavy atom. The summed E-state index contributed by atoms with van der Waals surface area (Å²) in [7, 11) is 2.91. The fourth-order valence-electron chi connectivity index (χ4n) is 6.77. The molecule has 5 aromatic rings. The molecule has 290 valence electrons. The molecule has 2 N–H and O–H groups in total. The van der Waals surface area contributed by atoms with E-state index in [0.29, 0.717) is 22.2 Å². The number of nitrogens with one attached hydrogen (secondary N) is 2. The Hall–Kier alpha value is -5.89. The van der Waals surface area contributed by atoms with E-state index in [1.54, 1.807) is 48.9 Å². The first kappa shape index (κ1) is 39.3. The predicted octanol–water partition coefficient (Wildman–Crippen LogP) is 7.10. The average molecular weight is 820 g/mol. The Kier molecular flexibility index (Phi) is 12.4. The van der Waals surface area contributed by atoms with Crippen LogP contribution < -0.4 is 15.4 Å². The van der Waals surface area contributed by atoms with E-state index in [2.05, 4.69) is 52.2 Å². The number of oxime groups is 1. The number of amides is 2. The molecule has 0 spiro atoms. The fraction of sp³-hybridized carbons (Fsp3) is 0.186. The molecular weight excluding hydrogens is 782 g/mol. The van der Waals surface area contributed by atoms with Gasteiger partial charge in [-0.2, -0.15) is 0 Å². The van der Waals surface area contributed by atoms with Gasteiger partial charge in [0.25, 0.3) is 11.8 Å². The highest BCUT2D eigenvalue weighted by atomic mass is 35.5. The van der Waals surface area contributed by atoms with Gasteiger partial charge in [0.2, 0.25) is 0 Å². The minimum atomic E-state index is -0.953. The van der Waals surface area contributed by atoms with Gasteiger partial charge in [0.05, 0.1) is 7.11 Å². The Bertz CT molecular complexity index is 2210. The number of allylic oxidation sites excluding steroid dienone is 2. The number of alkyl halides is 1. The quantitative estimate of drug-likeness (QED) is 0.0284. The highest BCUT2D eigenvalue weighted by molar-refractivity contribution is 8.00. The number of hydrogen-bond donors (Lipinski definition) is 2. The van der Waals surface area contributed by atoms with Crippen LogP contribution in [0.5, 0.6) is 5.75 Å². The zero-order chi connectivity index (χ0) is 39.8. The number of benzene rings is 4. The van der Waals surface area contributed by atoms with Crippen molar-refractivity contribution in [1.82, 2.24) is 15.2 Å². The summed E-state index contributed by atoms with van der Waals surface area (Å²) in [6.07, 6.45) is 3.42. The molecule has 3 heterocycles. The van der Waals surface area contributed by atoms with E-state index >= 15 is 0 Å². The molecule has 1 aromatic heterocycles. The van der Waals surface area contributed by atoms with Crippen LogP contribution in [0.4, 0.5) is 5.13 Å². The topological polar surface area (TPSA) is 131 Å². The third kappa shape index (κ3) is 8.18. The van der Waals surface area contributed by atoms with Crippen LogP contribution >= 0.6 is 34.7 Å². The Labute approximate surface area is 343 Å². The van der Waals surface area contributed by atoms with Crippen LogP contribution in [-0.2, 0) is 36.1 Å². The van der Waals surface area contributed by atoms with E-state index in [1.807, 2.05) is 54.6 Å². The van der Waals surface area contributed by atoms with Gasteiger partial charge < -0.3 is 24.9 Å². The van der Waals surface area contributed by atoms with Gasteiger partial charge >= 0.3 is 5.97 Å². The minimum Gasteiger partial charge on any atom is -0.497 e. The Morgan fingerprint density at radius 2 is 1.54 bits per heavy atom. The summed E-state index contributed by atoms with van der Waals surface area (Å²) in [6, 6.07) is 36.4. The Balaban J connectivity index is 1.12. The van der Waals surface area contributed by atoms with Gasteiger partial charge in [-0.1, -0.05) is 120 Å². The lowest BCUT2D eigenvalue weighted by Crippen LogP contribution is -2.71. The maximum Gasteiger partial charge on any atom is 0.355 e. The van der Waals surface area contributed by atoms with Gasteiger partial charge in [0, 0.05) is 17.0 Å². The van der Waals surface area contributed by atoms with Crippen molar-refractivity contribution in [1.29, 1.82) is 0 Å². The number of aromatic nitrogens is 1. The number of thioether (sulfide) groups is 1. The summed E-state index contributed by atoms with van der Waals surface area (Å²) in [4.78, 5) is 52.6. The van der Waals surface area contributed by atoms with E-state index in [9.17, 15) is 14.4 Å². The number of halogens is 1. The number of anilines is 1. The van der Waals surface area contributed by atoms with Crippen molar-refractivity contribution in [3.05, 3.63) is 172 Å². The van der Waals surface area contributed by atoms with Crippen molar-refractivity contribution in [2.45, 2.75) is 23.6 Å². The number of methoxy groups -OCH3 is 1. The van der Waals surface area contributed by atoms with Crippen molar-refractivity contribution in [2.75, 3.05) is 31.2 Å². The predicted molar refractivity (Wildman–Crippen MR) is 223 cm³/mol. The number of rotatable bonds is 15. The van der Waals surface area contributed by atoms with Crippen molar-refractivity contribution in [3.8, 4) is 5.75 Å². The van der Waals surface area contributed by atoms with Gasteiger partial charge in [-0.05, 0) is 40.0 Å². The summed E-state index contributed by atoms with van der Waals surface area (Å²) in [6.45, 7) is -0.0106. The number of esters is 1. The summed E-state index contributed by atoms with van der Waals surface area (Å²) in [5.74, 6) is -0.509. The lowest BCUT2D eigenvalue weighted by Gasteiger charge is -2.49. The SMILES string of the molecule is CO/N=C(\C(=O)N[C@@H]1C(=O)N2C(C(=O)OCc3ccc(OC)cc3)=C(/C=C\CCl)CS[C@H]12)c1csc(NC(c2ccccc2)(c2ccccc2)c2ccccc2)n1. The first-order valence-corrected chi connectivity index (χ1v) is 20.4. The molecule has 14 heteroatoms. The standard InChI is InChI=1S/C43H38ClN5O6S2/c1-53-33-22-20-28(21-23-33)25-55-41(52)37-29(13-12-24-44)26-56-40-36(39(51)49(37)40)46-38(50)35(48-54-2)34-27-57-42(45-34)47-43(30-14-6-3-7-15-30,31-16-8-4-9-17-31)32-18-10-5-11-19-32/h3-23,27,36,40H,24-26H2,1-2H3,(H,45,47)(H,46,50)/b13-12-,48-35-/t36-,40-/m1/s1. The van der Waals surface area contributed by atoms with Crippen LogP contribution in [0.2, 0.25) is 0 Å². The molecule has 0 unspecified atom stereocenters. The van der Waals surface area contributed by atoms with Gasteiger partial charge in [-0.15, -0.1) is 34.7 Å². The molecule has 0 radical (unpaired) electrons. The zero-order valence-corrected chi connectivity index (χ0v) is 33.4. The molecule has 4 aromatic carbocycles. The number of fused-ring (bicyclic) bond motifs is 1. The van der Waals surface area contributed by atoms with Crippen LogP contribution in [0.25, 0.3) is 0 Å². The monoisotopic (exact) mass is 819 g/mol. The second kappa shape index (κ2) is 17.9. The van der Waals surface area contributed by atoms with Crippen LogP contribution in [0.15, 0.2) is 149 Å². The smallest absolute Gasteiger partial charge is 0.355 e. The molecule has 1 saturated heterocycles. The molecule has 57 heavy (non-hydrogen) atoms. The first-order valence-electron chi connectivity index (χ1n) is 17.9. The average Bonchev–Trinajstić information content (AvgIpc) is 3.73. The molecule has 11 nitrogen and oxygen atoms in total. The molecule has 1 fully saturated rings. The minimum absolute atomic E-state index is 0.0106. The lowest BCUT2D eigenvalue weighted by atomic mass is 9.77. The molecule has 2 amide bonds.